The molecule has 2 bridgehead atoms. The highest BCUT2D eigenvalue weighted by molar-refractivity contribution is 5.76. The lowest BCUT2D eigenvalue weighted by molar-refractivity contribution is 0.141. The molecule has 4 rings (SSSR count). The van der Waals surface area contributed by atoms with Crippen LogP contribution in [0.1, 0.15) is 43.5 Å². The van der Waals surface area contributed by atoms with Crippen molar-refractivity contribution in [2.75, 3.05) is 19.8 Å². The molecule has 2 aliphatic heterocycles. The molecule has 1 aromatic carbocycles. The number of amides is 2. The van der Waals surface area contributed by atoms with Crippen molar-refractivity contribution in [2.24, 2.45) is 0 Å². The second-order valence-electron chi connectivity index (χ2n) is 7.10. The maximum atomic E-state index is 12.7. The van der Waals surface area contributed by atoms with Gasteiger partial charge in [-0.15, -0.1) is 0 Å². The molecule has 1 saturated heterocycles. The number of ether oxygens (including phenoxy) is 1. The van der Waals surface area contributed by atoms with Crippen molar-refractivity contribution >= 4 is 6.03 Å². The minimum absolute atomic E-state index is 0.0248. The molecule has 1 fully saturated rings. The van der Waals surface area contributed by atoms with Crippen LogP contribution in [-0.4, -0.2) is 46.7 Å². The second kappa shape index (κ2) is 8.05. The number of aromatic nitrogens is 2. The van der Waals surface area contributed by atoms with E-state index in [1.165, 1.54) is 0 Å². The van der Waals surface area contributed by atoms with E-state index < -0.39 is 0 Å². The number of rotatable bonds is 6. The summed E-state index contributed by atoms with van der Waals surface area (Å²) < 4.78 is 5.33. The smallest absolute Gasteiger partial charge is 0.318 e. The van der Waals surface area contributed by atoms with Gasteiger partial charge in [-0.25, -0.2) is 14.8 Å². The topological polar surface area (TPSA) is 67.3 Å². The zero-order chi connectivity index (χ0) is 18.6. The molecule has 2 unspecified atom stereocenters. The molecule has 6 heteroatoms. The molecule has 142 valence electrons. The second-order valence-corrected chi connectivity index (χ2v) is 7.10. The highest BCUT2D eigenvalue weighted by atomic mass is 16.5. The minimum atomic E-state index is 0.0248. The van der Waals surface area contributed by atoms with Crippen LogP contribution in [0.5, 0.6) is 0 Å². The van der Waals surface area contributed by atoms with Gasteiger partial charge in [-0.2, -0.15) is 0 Å². The Morgan fingerprint density at radius 1 is 1.30 bits per heavy atom. The number of nitrogens with zero attached hydrogens (tertiary/aromatic N) is 3. The summed E-state index contributed by atoms with van der Waals surface area (Å²) in [4.78, 5) is 24.1. The summed E-state index contributed by atoms with van der Waals surface area (Å²) in [5, 5.41) is 3.05. The van der Waals surface area contributed by atoms with Crippen molar-refractivity contribution in [1.82, 2.24) is 20.2 Å². The zero-order valence-corrected chi connectivity index (χ0v) is 15.7. The fraction of sp³-hybridized carbons (Fsp3) is 0.476. The zero-order valence-electron chi connectivity index (χ0n) is 15.7. The van der Waals surface area contributed by atoms with Crippen molar-refractivity contribution in [3.05, 3.63) is 47.8 Å². The predicted molar refractivity (Wildman–Crippen MR) is 103 cm³/mol. The predicted octanol–water partition coefficient (Wildman–Crippen LogP) is 3.34. The Labute approximate surface area is 160 Å². The SMILES string of the molecule is CCOCCCNC(=O)N1C2CCC1c1cnc(-c3ccccc3)nc1C2. The van der Waals surface area contributed by atoms with Gasteiger partial charge in [0.25, 0.3) is 0 Å². The third kappa shape index (κ3) is 3.67. The number of fused-ring (bicyclic) bond motifs is 4. The van der Waals surface area contributed by atoms with E-state index in [2.05, 4.69) is 10.3 Å². The molecule has 2 amide bonds. The molecule has 3 heterocycles. The molecule has 0 aliphatic carbocycles. The van der Waals surface area contributed by atoms with Gasteiger partial charge in [-0.3, -0.25) is 0 Å². The third-order valence-electron chi connectivity index (χ3n) is 5.40. The van der Waals surface area contributed by atoms with Gasteiger partial charge in [0.2, 0.25) is 0 Å². The first-order valence-electron chi connectivity index (χ1n) is 9.83. The number of hydrogen-bond acceptors (Lipinski definition) is 4. The third-order valence-corrected chi connectivity index (χ3v) is 5.40. The Hall–Kier alpha value is -2.47. The molecule has 27 heavy (non-hydrogen) atoms. The molecule has 1 N–H and O–H groups in total. The Bertz CT molecular complexity index is 796. The Balaban J connectivity index is 1.47. The van der Waals surface area contributed by atoms with Gasteiger partial charge in [0.05, 0.1) is 11.7 Å². The molecule has 2 atom stereocenters. The molecule has 2 aliphatic rings. The van der Waals surface area contributed by atoms with Gasteiger partial charge in [0.1, 0.15) is 0 Å². The van der Waals surface area contributed by atoms with Crippen molar-refractivity contribution < 1.29 is 9.53 Å². The van der Waals surface area contributed by atoms with Crippen LogP contribution in [0.3, 0.4) is 0 Å². The van der Waals surface area contributed by atoms with Gasteiger partial charge in [0, 0.05) is 49.5 Å². The van der Waals surface area contributed by atoms with Crippen LogP contribution in [0.15, 0.2) is 36.5 Å². The average molecular weight is 366 g/mol. The van der Waals surface area contributed by atoms with Crippen molar-refractivity contribution in [2.45, 2.75) is 44.7 Å². The maximum absolute atomic E-state index is 12.7. The Kier molecular flexibility index (Phi) is 5.34. The molecule has 0 spiro atoms. The number of carbonyl (C=O) groups is 1. The molecule has 2 aromatic rings. The van der Waals surface area contributed by atoms with Crippen molar-refractivity contribution in [3.8, 4) is 11.4 Å². The summed E-state index contributed by atoms with van der Waals surface area (Å²) in [5.74, 6) is 0.766. The summed E-state index contributed by atoms with van der Waals surface area (Å²) >= 11 is 0. The minimum Gasteiger partial charge on any atom is -0.382 e. The first-order valence-corrected chi connectivity index (χ1v) is 9.83. The standard InChI is InChI=1S/C21H26N4O2/c1-2-27-12-6-11-22-21(26)25-16-9-10-19(25)17-14-23-20(24-18(17)13-16)15-7-4-3-5-8-15/h3-5,7-8,14,16,19H,2,6,9-13H2,1H3,(H,22,26). The Morgan fingerprint density at radius 2 is 2.15 bits per heavy atom. The highest BCUT2D eigenvalue weighted by Crippen LogP contribution is 2.43. The first kappa shape index (κ1) is 17.9. The molecule has 1 aromatic heterocycles. The van der Waals surface area contributed by atoms with Crippen LogP contribution in [0.25, 0.3) is 11.4 Å². The maximum Gasteiger partial charge on any atom is 0.318 e. The first-order chi connectivity index (χ1) is 13.3. The Morgan fingerprint density at radius 3 is 2.96 bits per heavy atom. The lowest BCUT2D eigenvalue weighted by Gasteiger charge is -2.35. The van der Waals surface area contributed by atoms with Gasteiger partial charge in [0.15, 0.2) is 5.82 Å². The van der Waals surface area contributed by atoms with Crippen molar-refractivity contribution in [1.29, 1.82) is 0 Å². The summed E-state index contributed by atoms with van der Waals surface area (Å²) in [5.41, 5.74) is 3.23. The lowest BCUT2D eigenvalue weighted by atomic mass is 9.99. The number of hydrogen-bond donors (Lipinski definition) is 1. The van der Waals surface area contributed by atoms with Gasteiger partial charge in [-0.05, 0) is 26.2 Å². The van der Waals surface area contributed by atoms with E-state index in [1.807, 2.05) is 48.4 Å². The van der Waals surface area contributed by atoms with E-state index in [0.29, 0.717) is 19.8 Å². The number of carbonyl (C=O) groups excluding carboxylic acids is 1. The summed E-state index contributed by atoms with van der Waals surface area (Å²) in [6, 6.07) is 10.4. The molecule has 6 nitrogen and oxygen atoms in total. The van der Waals surface area contributed by atoms with Crippen LogP contribution < -0.4 is 5.32 Å². The van der Waals surface area contributed by atoms with E-state index in [4.69, 9.17) is 9.72 Å². The molecular weight excluding hydrogens is 340 g/mol. The number of nitrogens with one attached hydrogen (secondary N) is 1. The summed E-state index contributed by atoms with van der Waals surface area (Å²) in [6.45, 7) is 4.02. The van der Waals surface area contributed by atoms with E-state index in [-0.39, 0.29) is 18.1 Å². The molecule has 0 saturated carbocycles. The quantitative estimate of drug-likeness (QED) is 0.796. The van der Waals surface area contributed by atoms with Crippen LogP contribution >= 0.6 is 0 Å². The van der Waals surface area contributed by atoms with E-state index in [9.17, 15) is 4.79 Å². The lowest BCUT2D eigenvalue weighted by Crippen LogP contribution is -2.47. The van der Waals surface area contributed by atoms with Gasteiger partial charge >= 0.3 is 6.03 Å². The number of benzene rings is 1. The van der Waals surface area contributed by atoms with Gasteiger partial charge in [-0.1, -0.05) is 30.3 Å². The van der Waals surface area contributed by atoms with Crippen molar-refractivity contribution in [3.63, 3.8) is 0 Å². The van der Waals surface area contributed by atoms with Crippen LogP contribution in [-0.2, 0) is 11.2 Å². The van der Waals surface area contributed by atoms with Crippen LogP contribution in [0.4, 0.5) is 4.79 Å². The van der Waals surface area contributed by atoms with E-state index in [0.717, 1.165) is 48.3 Å². The van der Waals surface area contributed by atoms with E-state index >= 15 is 0 Å². The molecular formula is C21H26N4O2. The highest BCUT2D eigenvalue weighted by Gasteiger charge is 2.43. The largest absolute Gasteiger partial charge is 0.382 e. The monoisotopic (exact) mass is 366 g/mol. The fourth-order valence-corrected chi connectivity index (χ4v) is 4.12. The van der Waals surface area contributed by atoms with Crippen LogP contribution in [0.2, 0.25) is 0 Å². The molecule has 0 radical (unpaired) electrons. The summed E-state index contributed by atoms with van der Waals surface area (Å²) in [7, 11) is 0. The normalized spacial score (nSPS) is 20.4. The average Bonchev–Trinajstić information content (AvgIpc) is 3.03. The fourth-order valence-electron chi connectivity index (χ4n) is 4.12. The van der Waals surface area contributed by atoms with E-state index in [1.54, 1.807) is 0 Å². The summed E-state index contributed by atoms with van der Waals surface area (Å²) in [6.07, 6.45) is 5.57. The van der Waals surface area contributed by atoms with Gasteiger partial charge < -0.3 is 15.0 Å². The van der Waals surface area contributed by atoms with Crippen LogP contribution in [0, 0.1) is 0 Å². The number of urea groups is 1.